The Bertz CT molecular complexity index is 3960. The number of nitrogens with zero attached hydrogens (tertiary/aromatic N) is 4. The van der Waals surface area contributed by atoms with E-state index in [1.165, 1.54) is 21.5 Å². The lowest BCUT2D eigenvalue weighted by atomic mass is 9.93. The SMILES string of the molecule is c1ccc(-c2cccc(-c3nc(-c4ccccc4)nc(-c4ccc(-n5c6ccccc6c6cc7ccccc7cc65)cc4-c4cccc5oc6c7ccccc7ccc6c45)n3)c2)cc1. The normalized spacial score (nSPS) is 11.8. The van der Waals surface area contributed by atoms with Gasteiger partial charge < -0.3 is 8.98 Å². The third-order valence-corrected chi connectivity index (χ3v) is 12.6. The molecule has 0 bridgehead atoms. The first-order chi connectivity index (χ1) is 31.7. The van der Waals surface area contributed by atoms with Crippen molar-refractivity contribution in [3.05, 3.63) is 218 Å². The first-order valence-corrected chi connectivity index (χ1v) is 21.6. The van der Waals surface area contributed by atoms with Crippen LogP contribution < -0.4 is 0 Å². The summed E-state index contributed by atoms with van der Waals surface area (Å²) in [7, 11) is 0. The van der Waals surface area contributed by atoms with Crippen LogP contribution in [0.5, 0.6) is 0 Å². The Balaban J connectivity index is 1.11. The molecule has 0 N–H and O–H groups in total. The van der Waals surface area contributed by atoms with E-state index in [1.807, 2.05) is 24.3 Å². The molecular formula is C59H36N4O. The maximum absolute atomic E-state index is 6.79. The van der Waals surface area contributed by atoms with Gasteiger partial charge in [0.25, 0.3) is 0 Å². The van der Waals surface area contributed by atoms with E-state index >= 15 is 0 Å². The zero-order valence-corrected chi connectivity index (χ0v) is 34.5. The Morgan fingerprint density at radius 1 is 0.328 bits per heavy atom. The molecule has 0 aliphatic heterocycles. The minimum atomic E-state index is 0.582. The summed E-state index contributed by atoms with van der Waals surface area (Å²) in [6, 6.07) is 76.9. The van der Waals surface area contributed by atoms with Crippen LogP contribution in [0, 0.1) is 0 Å². The molecule has 0 aliphatic carbocycles. The predicted octanol–water partition coefficient (Wildman–Crippen LogP) is 15.5. The highest BCUT2D eigenvalue weighted by Gasteiger charge is 2.22. The summed E-state index contributed by atoms with van der Waals surface area (Å²) < 4.78 is 9.18. The van der Waals surface area contributed by atoms with Crippen molar-refractivity contribution in [2.24, 2.45) is 0 Å². The molecule has 10 aromatic carbocycles. The average Bonchev–Trinajstić information content (AvgIpc) is 3.92. The molecule has 0 saturated carbocycles. The lowest BCUT2D eigenvalue weighted by Gasteiger charge is -2.16. The van der Waals surface area contributed by atoms with E-state index in [0.29, 0.717) is 17.5 Å². The first-order valence-electron chi connectivity index (χ1n) is 21.6. The van der Waals surface area contributed by atoms with Crippen molar-refractivity contribution in [3.8, 4) is 62.1 Å². The van der Waals surface area contributed by atoms with Crippen LogP contribution in [-0.2, 0) is 0 Å². The summed E-state index contributed by atoms with van der Waals surface area (Å²) in [5.41, 5.74) is 12.0. The van der Waals surface area contributed by atoms with Gasteiger partial charge in [-0.1, -0.05) is 164 Å². The lowest BCUT2D eigenvalue weighted by molar-refractivity contribution is 0.673. The Morgan fingerprint density at radius 2 is 0.969 bits per heavy atom. The van der Waals surface area contributed by atoms with Gasteiger partial charge in [-0.25, -0.2) is 15.0 Å². The Kier molecular flexibility index (Phi) is 8.15. The van der Waals surface area contributed by atoms with Crippen LogP contribution in [0.3, 0.4) is 0 Å². The third-order valence-electron chi connectivity index (χ3n) is 12.6. The van der Waals surface area contributed by atoms with Gasteiger partial charge in [-0.15, -0.1) is 0 Å². The molecule has 64 heavy (non-hydrogen) atoms. The third kappa shape index (κ3) is 5.83. The van der Waals surface area contributed by atoms with E-state index in [0.717, 1.165) is 88.4 Å². The second-order valence-corrected chi connectivity index (χ2v) is 16.4. The Hall–Kier alpha value is -8.67. The summed E-state index contributed by atoms with van der Waals surface area (Å²) in [6.07, 6.45) is 0. The van der Waals surface area contributed by atoms with Crippen LogP contribution in [-0.4, -0.2) is 19.5 Å². The second kappa shape index (κ2) is 14.5. The molecule has 5 nitrogen and oxygen atoms in total. The van der Waals surface area contributed by atoms with E-state index < -0.39 is 0 Å². The predicted molar refractivity (Wildman–Crippen MR) is 264 cm³/mol. The molecule has 13 aromatic rings. The zero-order valence-electron chi connectivity index (χ0n) is 34.5. The number of furan rings is 1. The summed E-state index contributed by atoms with van der Waals surface area (Å²) in [5.74, 6) is 1.79. The molecule has 0 spiro atoms. The minimum Gasteiger partial charge on any atom is -0.455 e. The number of fused-ring (bicyclic) bond motifs is 9. The fraction of sp³-hybridized carbons (Fsp3) is 0. The van der Waals surface area contributed by atoms with E-state index in [2.05, 4.69) is 199 Å². The second-order valence-electron chi connectivity index (χ2n) is 16.4. The molecule has 0 radical (unpaired) electrons. The molecule has 3 heterocycles. The highest BCUT2D eigenvalue weighted by molar-refractivity contribution is 6.20. The summed E-state index contributed by atoms with van der Waals surface area (Å²) in [5, 5.41) is 9.15. The molecule has 0 amide bonds. The van der Waals surface area contributed by atoms with Gasteiger partial charge in [0.05, 0.1) is 11.0 Å². The molecule has 5 heteroatoms. The molecular weight excluding hydrogens is 781 g/mol. The van der Waals surface area contributed by atoms with Crippen LogP contribution in [0.15, 0.2) is 223 Å². The number of para-hydroxylation sites is 1. The number of rotatable bonds is 6. The molecule has 0 unspecified atom stereocenters. The molecule has 0 fully saturated rings. The summed E-state index contributed by atoms with van der Waals surface area (Å²) in [6.45, 7) is 0. The van der Waals surface area contributed by atoms with Gasteiger partial charge in [0.2, 0.25) is 0 Å². The van der Waals surface area contributed by atoms with E-state index in [4.69, 9.17) is 19.4 Å². The van der Waals surface area contributed by atoms with Crippen molar-refractivity contribution < 1.29 is 4.42 Å². The largest absolute Gasteiger partial charge is 0.455 e. The zero-order chi connectivity index (χ0) is 42.1. The topological polar surface area (TPSA) is 56.7 Å². The van der Waals surface area contributed by atoms with E-state index in [-0.39, 0.29) is 0 Å². The number of hydrogen-bond donors (Lipinski definition) is 0. The van der Waals surface area contributed by atoms with Crippen molar-refractivity contribution in [1.29, 1.82) is 0 Å². The van der Waals surface area contributed by atoms with Gasteiger partial charge in [-0.2, -0.15) is 0 Å². The molecule has 0 saturated heterocycles. The minimum absolute atomic E-state index is 0.582. The molecule has 0 aliphatic rings. The molecule has 0 atom stereocenters. The van der Waals surface area contributed by atoms with Crippen molar-refractivity contribution in [2.75, 3.05) is 0 Å². The van der Waals surface area contributed by atoms with Crippen molar-refractivity contribution in [2.45, 2.75) is 0 Å². The molecule has 3 aromatic heterocycles. The van der Waals surface area contributed by atoms with Crippen molar-refractivity contribution in [3.63, 3.8) is 0 Å². The maximum atomic E-state index is 6.79. The van der Waals surface area contributed by atoms with E-state index in [1.54, 1.807) is 0 Å². The monoisotopic (exact) mass is 816 g/mol. The van der Waals surface area contributed by atoms with Crippen LogP contribution in [0.2, 0.25) is 0 Å². The Labute approximate surface area is 368 Å². The lowest BCUT2D eigenvalue weighted by Crippen LogP contribution is -2.02. The number of benzene rings is 10. The van der Waals surface area contributed by atoms with Crippen molar-refractivity contribution >= 4 is 65.3 Å². The smallest absolute Gasteiger partial charge is 0.164 e. The molecule has 298 valence electrons. The van der Waals surface area contributed by atoms with Crippen LogP contribution in [0.25, 0.3) is 127 Å². The van der Waals surface area contributed by atoms with Crippen LogP contribution in [0.4, 0.5) is 0 Å². The molecule has 13 rings (SSSR count). The summed E-state index contributed by atoms with van der Waals surface area (Å²) >= 11 is 0. The van der Waals surface area contributed by atoms with Gasteiger partial charge in [-0.3, -0.25) is 0 Å². The maximum Gasteiger partial charge on any atom is 0.164 e. The standard InChI is InChI=1S/C59H36N4O/c1-3-15-37(16-4-1)40-22-13-23-43(33-40)58-60-57(39-18-5-2-6-19-39)61-59(62-58)48-32-30-44(63-52-27-12-11-25-46(52)51-34-41-20-7-8-21-42(41)35-53(51)63)36-50(48)47-26-14-28-54-55(47)49-31-29-38-17-9-10-24-45(38)56(49)64-54/h1-36H. The van der Waals surface area contributed by atoms with Gasteiger partial charge in [0.1, 0.15) is 11.2 Å². The van der Waals surface area contributed by atoms with Crippen LogP contribution >= 0.6 is 0 Å². The van der Waals surface area contributed by atoms with E-state index in [9.17, 15) is 0 Å². The highest BCUT2D eigenvalue weighted by atomic mass is 16.3. The number of hydrogen-bond acceptors (Lipinski definition) is 4. The first kappa shape index (κ1) is 36.0. The van der Waals surface area contributed by atoms with Gasteiger partial charge >= 0.3 is 0 Å². The Morgan fingerprint density at radius 3 is 1.80 bits per heavy atom. The average molecular weight is 817 g/mol. The fourth-order valence-corrected chi connectivity index (χ4v) is 9.61. The number of aromatic nitrogens is 4. The van der Waals surface area contributed by atoms with Crippen molar-refractivity contribution in [1.82, 2.24) is 19.5 Å². The quantitative estimate of drug-likeness (QED) is 0.168. The van der Waals surface area contributed by atoms with Gasteiger partial charge in [-0.05, 0) is 93.0 Å². The summed E-state index contributed by atoms with van der Waals surface area (Å²) in [4.78, 5) is 15.8. The van der Waals surface area contributed by atoms with Gasteiger partial charge in [0.15, 0.2) is 17.5 Å². The van der Waals surface area contributed by atoms with Crippen LogP contribution in [0.1, 0.15) is 0 Å². The fourth-order valence-electron chi connectivity index (χ4n) is 9.61. The van der Waals surface area contributed by atoms with Gasteiger partial charge in [0, 0.05) is 49.3 Å². The highest BCUT2D eigenvalue weighted by Crippen LogP contribution is 2.44.